The molecule has 2 aliphatic heterocycles. The van der Waals surface area contributed by atoms with Crippen LogP contribution in [0.5, 0.6) is 23.0 Å². The first kappa shape index (κ1) is 25.2. The number of hydrogen-bond donors (Lipinski definition) is 2. The normalized spacial score (nSPS) is 21.1. The van der Waals surface area contributed by atoms with Gasteiger partial charge in [0, 0.05) is 23.7 Å². The van der Waals surface area contributed by atoms with Crippen molar-refractivity contribution in [3.63, 3.8) is 0 Å². The molecule has 194 valence electrons. The van der Waals surface area contributed by atoms with E-state index in [-0.39, 0.29) is 17.5 Å². The van der Waals surface area contributed by atoms with Crippen LogP contribution in [0.2, 0.25) is 0 Å². The van der Waals surface area contributed by atoms with Gasteiger partial charge in [-0.05, 0) is 98.8 Å². The molecule has 0 saturated carbocycles. The number of alkyl halides is 1. The molecule has 0 spiro atoms. The Morgan fingerprint density at radius 3 is 2.57 bits per heavy atom. The minimum atomic E-state index is -0.687. The second kappa shape index (κ2) is 10.9. The molecule has 3 aromatic rings. The van der Waals surface area contributed by atoms with Gasteiger partial charge in [-0.2, -0.15) is 0 Å². The zero-order valence-corrected chi connectivity index (χ0v) is 21.4. The number of phenolic OH excluding ortho intramolecular Hbond substituents is 2. The van der Waals surface area contributed by atoms with Crippen LogP contribution in [-0.4, -0.2) is 47.0 Å². The van der Waals surface area contributed by atoms with Crippen molar-refractivity contribution in [3.8, 4) is 23.0 Å². The Labute approximate surface area is 217 Å². The average Bonchev–Trinajstić information content (AvgIpc) is 3.12. The van der Waals surface area contributed by atoms with Crippen LogP contribution < -0.4 is 9.47 Å². The van der Waals surface area contributed by atoms with Crippen LogP contribution in [0.4, 0.5) is 4.39 Å². The maximum absolute atomic E-state index is 13.7. The summed E-state index contributed by atoms with van der Waals surface area (Å²) in [5.41, 5.74) is 4.56. The third kappa shape index (κ3) is 5.59. The fraction of sp³-hybridized carbons (Fsp3) is 0.355. The second-order valence-electron chi connectivity index (χ2n) is 10.1. The number of ether oxygens (including phenoxy) is 2. The Kier molecular flexibility index (Phi) is 7.38. The van der Waals surface area contributed by atoms with Crippen molar-refractivity contribution in [2.24, 2.45) is 0 Å². The summed E-state index contributed by atoms with van der Waals surface area (Å²) in [4.78, 5) is 2.31. The zero-order chi connectivity index (χ0) is 25.9. The van der Waals surface area contributed by atoms with E-state index in [1.54, 1.807) is 30.3 Å². The maximum Gasteiger partial charge on any atom is 0.150 e. The highest BCUT2D eigenvalue weighted by atomic mass is 19.1. The number of benzene rings is 3. The lowest BCUT2D eigenvalue weighted by Gasteiger charge is -2.31. The third-order valence-corrected chi connectivity index (χ3v) is 7.42. The molecule has 2 aliphatic rings. The number of aromatic hydroxyl groups is 2. The van der Waals surface area contributed by atoms with E-state index in [2.05, 4.69) is 11.8 Å². The van der Waals surface area contributed by atoms with E-state index in [0.717, 1.165) is 53.1 Å². The molecule has 3 aromatic carbocycles. The molecule has 0 aromatic heterocycles. The largest absolute Gasteiger partial charge is 0.508 e. The molecule has 0 radical (unpaired) electrons. The lowest BCUT2D eigenvalue weighted by atomic mass is 9.86. The Balaban J connectivity index is 1.36. The monoisotopic (exact) mass is 503 g/mol. The summed E-state index contributed by atoms with van der Waals surface area (Å²) in [7, 11) is 0. The van der Waals surface area contributed by atoms with E-state index in [1.807, 2.05) is 43.3 Å². The van der Waals surface area contributed by atoms with Crippen LogP contribution in [0.15, 0.2) is 66.7 Å². The molecule has 0 aliphatic carbocycles. The Morgan fingerprint density at radius 1 is 1.00 bits per heavy atom. The van der Waals surface area contributed by atoms with Crippen molar-refractivity contribution in [2.75, 3.05) is 19.7 Å². The van der Waals surface area contributed by atoms with Crippen LogP contribution in [-0.2, 0) is 0 Å². The predicted molar refractivity (Wildman–Crippen MR) is 144 cm³/mol. The number of hydrogen-bond acceptors (Lipinski definition) is 5. The Hall–Kier alpha value is -3.51. The van der Waals surface area contributed by atoms with Gasteiger partial charge < -0.3 is 19.7 Å². The lowest BCUT2D eigenvalue weighted by molar-refractivity contribution is 0.147. The van der Waals surface area contributed by atoms with E-state index in [9.17, 15) is 14.6 Å². The van der Waals surface area contributed by atoms with Gasteiger partial charge in [0.15, 0.2) is 0 Å². The summed E-state index contributed by atoms with van der Waals surface area (Å²) in [5, 5.41) is 20.2. The van der Waals surface area contributed by atoms with Gasteiger partial charge in [-0.25, -0.2) is 4.39 Å². The number of likely N-dealkylation sites (tertiary alicyclic amines) is 1. The molecular weight excluding hydrogens is 469 g/mol. The summed E-state index contributed by atoms with van der Waals surface area (Å²) in [6.45, 7) is 6.37. The number of halogens is 1. The fourth-order valence-electron chi connectivity index (χ4n) is 5.30. The van der Waals surface area contributed by atoms with Crippen molar-refractivity contribution in [3.05, 3.63) is 83.4 Å². The summed E-state index contributed by atoms with van der Waals surface area (Å²) in [6, 6.07) is 20.4. The van der Waals surface area contributed by atoms with E-state index in [0.29, 0.717) is 25.2 Å². The molecule has 0 amide bonds. The van der Waals surface area contributed by atoms with E-state index in [4.69, 9.17) is 9.47 Å². The molecule has 5 rings (SSSR count). The molecule has 5 nitrogen and oxygen atoms in total. The number of phenols is 2. The topological polar surface area (TPSA) is 62.2 Å². The fourth-order valence-corrected chi connectivity index (χ4v) is 5.30. The first-order valence-corrected chi connectivity index (χ1v) is 13.0. The molecule has 2 heterocycles. The first-order valence-electron chi connectivity index (χ1n) is 13.0. The zero-order valence-electron chi connectivity index (χ0n) is 21.4. The SMILES string of the molecule is CC1=C(c2cccc(O)c2)C(c2ccc(OC[C@H](C)N3CCC[C@@H](F)CC3)cc2)Oc2ccc(O)cc21. The molecule has 1 unspecified atom stereocenters. The van der Waals surface area contributed by atoms with Crippen molar-refractivity contribution in [1.29, 1.82) is 0 Å². The van der Waals surface area contributed by atoms with Crippen LogP contribution in [0, 0.1) is 0 Å². The Morgan fingerprint density at radius 2 is 1.78 bits per heavy atom. The highest BCUT2D eigenvalue weighted by Gasteiger charge is 2.30. The van der Waals surface area contributed by atoms with Crippen LogP contribution in [0.3, 0.4) is 0 Å². The van der Waals surface area contributed by atoms with Crippen molar-refractivity contribution >= 4 is 11.1 Å². The molecule has 0 bridgehead atoms. The summed E-state index contributed by atoms with van der Waals surface area (Å²) in [5.74, 6) is 1.83. The van der Waals surface area contributed by atoms with E-state index in [1.165, 1.54) is 0 Å². The van der Waals surface area contributed by atoms with E-state index >= 15 is 0 Å². The number of nitrogens with zero attached hydrogens (tertiary/aromatic N) is 1. The summed E-state index contributed by atoms with van der Waals surface area (Å²) in [6.07, 6.45) is 1.06. The number of fused-ring (bicyclic) bond motifs is 1. The quantitative estimate of drug-likeness (QED) is 0.389. The van der Waals surface area contributed by atoms with Gasteiger partial charge in [-0.15, -0.1) is 0 Å². The Bertz CT molecular complexity index is 1270. The minimum absolute atomic E-state index is 0.177. The molecule has 2 N–H and O–H groups in total. The molecule has 6 heteroatoms. The van der Waals surface area contributed by atoms with Gasteiger partial charge in [0.05, 0.1) is 0 Å². The van der Waals surface area contributed by atoms with Crippen molar-refractivity contribution in [1.82, 2.24) is 4.90 Å². The maximum atomic E-state index is 13.7. The summed E-state index contributed by atoms with van der Waals surface area (Å²) >= 11 is 0. The van der Waals surface area contributed by atoms with Crippen LogP contribution >= 0.6 is 0 Å². The van der Waals surface area contributed by atoms with Gasteiger partial charge in [0.1, 0.15) is 41.9 Å². The smallest absolute Gasteiger partial charge is 0.150 e. The second-order valence-corrected chi connectivity index (χ2v) is 10.1. The van der Waals surface area contributed by atoms with Crippen molar-refractivity contribution in [2.45, 2.75) is 51.4 Å². The highest BCUT2D eigenvalue weighted by molar-refractivity contribution is 5.95. The standard InChI is InChI=1S/C31H34FNO4/c1-20(33-15-4-6-24(32)14-16-33)19-36-27-11-8-22(9-12-27)31-30(23-5-3-7-25(34)17-23)21(2)28-18-26(35)10-13-29(28)37-31/h3,5,7-13,17-18,20,24,31,34-35H,4,6,14-16,19H2,1-2H3/t20-,24+,31?/m0/s1. The average molecular weight is 504 g/mol. The molecule has 1 saturated heterocycles. The lowest BCUT2D eigenvalue weighted by Crippen LogP contribution is -2.38. The highest BCUT2D eigenvalue weighted by Crippen LogP contribution is 2.47. The van der Waals surface area contributed by atoms with Gasteiger partial charge in [-0.1, -0.05) is 24.3 Å². The summed E-state index contributed by atoms with van der Waals surface area (Å²) < 4.78 is 26.3. The number of allylic oxidation sites excluding steroid dienone is 1. The van der Waals surface area contributed by atoms with Gasteiger partial charge >= 0.3 is 0 Å². The predicted octanol–water partition coefficient (Wildman–Crippen LogP) is 6.75. The van der Waals surface area contributed by atoms with Crippen LogP contribution in [0.1, 0.15) is 55.9 Å². The molecule has 1 fully saturated rings. The van der Waals surface area contributed by atoms with Gasteiger partial charge in [0.2, 0.25) is 0 Å². The number of rotatable bonds is 6. The van der Waals surface area contributed by atoms with Crippen LogP contribution in [0.25, 0.3) is 11.1 Å². The molecule has 3 atom stereocenters. The minimum Gasteiger partial charge on any atom is -0.508 e. The molecular formula is C31H34FNO4. The van der Waals surface area contributed by atoms with Gasteiger partial charge in [-0.3, -0.25) is 4.90 Å². The van der Waals surface area contributed by atoms with Gasteiger partial charge in [0.25, 0.3) is 0 Å². The third-order valence-electron chi connectivity index (χ3n) is 7.42. The van der Waals surface area contributed by atoms with Crippen molar-refractivity contribution < 1.29 is 24.1 Å². The van der Waals surface area contributed by atoms with E-state index < -0.39 is 12.3 Å². The molecule has 37 heavy (non-hydrogen) atoms. The first-order chi connectivity index (χ1) is 17.9.